The van der Waals surface area contributed by atoms with Crippen molar-refractivity contribution in [3.05, 3.63) is 47.2 Å². The standard InChI is InChI=1S/C15H18N2O/c1-2-16-15-13-10-12(8-9-14(13)17-18-15)11-6-4-3-5-7-11/h3-7,12,16H,2,8-10H2,1H3. The predicted octanol–water partition coefficient (Wildman–Crippen LogP) is 3.38. The summed E-state index contributed by atoms with van der Waals surface area (Å²) in [7, 11) is 0. The van der Waals surface area contributed by atoms with Gasteiger partial charge in [0.2, 0.25) is 5.88 Å². The zero-order chi connectivity index (χ0) is 12.4. The number of aromatic nitrogens is 1. The number of aryl methyl sites for hydroxylation is 1. The molecule has 0 spiro atoms. The first-order chi connectivity index (χ1) is 8.88. The molecule has 1 aromatic heterocycles. The number of benzene rings is 1. The highest BCUT2D eigenvalue weighted by atomic mass is 16.5. The van der Waals surface area contributed by atoms with Gasteiger partial charge in [0.05, 0.1) is 5.69 Å². The zero-order valence-electron chi connectivity index (χ0n) is 10.6. The maximum Gasteiger partial charge on any atom is 0.228 e. The molecule has 18 heavy (non-hydrogen) atoms. The second-order valence-corrected chi connectivity index (χ2v) is 4.82. The first-order valence-corrected chi connectivity index (χ1v) is 6.64. The molecule has 1 atom stereocenters. The average Bonchev–Trinajstić information content (AvgIpc) is 2.83. The van der Waals surface area contributed by atoms with Crippen molar-refractivity contribution in [2.24, 2.45) is 0 Å². The monoisotopic (exact) mass is 242 g/mol. The minimum absolute atomic E-state index is 0.593. The lowest BCUT2D eigenvalue weighted by molar-refractivity contribution is 0.422. The number of rotatable bonds is 3. The first-order valence-electron chi connectivity index (χ1n) is 6.64. The summed E-state index contributed by atoms with van der Waals surface area (Å²) in [6, 6.07) is 10.7. The molecule has 0 fully saturated rings. The van der Waals surface area contributed by atoms with Crippen molar-refractivity contribution in [1.82, 2.24) is 5.16 Å². The van der Waals surface area contributed by atoms with Gasteiger partial charge < -0.3 is 9.84 Å². The van der Waals surface area contributed by atoms with Gasteiger partial charge in [0.1, 0.15) is 0 Å². The van der Waals surface area contributed by atoms with Crippen molar-refractivity contribution in [1.29, 1.82) is 0 Å². The largest absolute Gasteiger partial charge is 0.354 e. The molecule has 1 unspecified atom stereocenters. The lowest BCUT2D eigenvalue weighted by Crippen LogP contribution is -2.13. The highest BCUT2D eigenvalue weighted by molar-refractivity contribution is 5.46. The fourth-order valence-electron chi connectivity index (χ4n) is 2.72. The molecule has 1 aliphatic carbocycles. The Morgan fingerprint density at radius 2 is 2.17 bits per heavy atom. The highest BCUT2D eigenvalue weighted by Crippen LogP contribution is 2.35. The van der Waals surface area contributed by atoms with Crippen LogP contribution in [0.2, 0.25) is 0 Å². The minimum atomic E-state index is 0.593. The van der Waals surface area contributed by atoms with Gasteiger partial charge in [-0.2, -0.15) is 0 Å². The fraction of sp³-hybridized carbons (Fsp3) is 0.400. The van der Waals surface area contributed by atoms with E-state index in [0.29, 0.717) is 5.92 Å². The molecular formula is C15H18N2O. The summed E-state index contributed by atoms with van der Waals surface area (Å²) in [4.78, 5) is 0. The lowest BCUT2D eigenvalue weighted by atomic mass is 9.83. The summed E-state index contributed by atoms with van der Waals surface area (Å²) >= 11 is 0. The third kappa shape index (κ3) is 2.01. The van der Waals surface area contributed by atoms with E-state index in [1.807, 2.05) is 0 Å². The van der Waals surface area contributed by atoms with Gasteiger partial charge in [-0.15, -0.1) is 0 Å². The molecule has 0 saturated carbocycles. The third-order valence-electron chi connectivity index (χ3n) is 3.66. The van der Waals surface area contributed by atoms with Crippen LogP contribution in [0.15, 0.2) is 34.9 Å². The zero-order valence-corrected chi connectivity index (χ0v) is 10.6. The molecule has 1 heterocycles. The van der Waals surface area contributed by atoms with Crippen LogP contribution in [0.1, 0.15) is 36.1 Å². The summed E-state index contributed by atoms with van der Waals surface area (Å²) < 4.78 is 5.38. The summed E-state index contributed by atoms with van der Waals surface area (Å²) in [5.41, 5.74) is 3.84. The predicted molar refractivity (Wildman–Crippen MR) is 71.9 cm³/mol. The molecule has 0 bridgehead atoms. The summed E-state index contributed by atoms with van der Waals surface area (Å²) in [6.45, 7) is 2.95. The number of fused-ring (bicyclic) bond motifs is 1. The van der Waals surface area contributed by atoms with E-state index >= 15 is 0 Å². The summed E-state index contributed by atoms with van der Waals surface area (Å²) in [5.74, 6) is 1.46. The van der Waals surface area contributed by atoms with Crippen LogP contribution in [0.3, 0.4) is 0 Å². The number of hydrogen-bond donors (Lipinski definition) is 1. The Bertz CT molecular complexity index is 519. The SMILES string of the molecule is CCNc1onc2c1CC(c1ccccc1)CC2. The Balaban J connectivity index is 1.86. The Morgan fingerprint density at radius 3 is 2.94 bits per heavy atom. The van der Waals surface area contributed by atoms with Crippen molar-refractivity contribution in [3.63, 3.8) is 0 Å². The molecule has 0 saturated heterocycles. The van der Waals surface area contributed by atoms with Gasteiger partial charge in [-0.25, -0.2) is 0 Å². The molecule has 0 aliphatic heterocycles. The van der Waals surface area contributed by atoms with Gasteiger partial charge in [0.15, 0.2) is 0 Å². The number of nitrogens with zero attached hydrogens (tertiary/aromatic N) is 1. The molecule has 3 nitrogen and oxygen atoms in total. The number of nitrogens with one attached hydrogen (secondary N) is 1. The van der Waals surface area contributed by atoms with Crippen molar-refractivity contribution in [2.75, 3.05) is 11.9 Å². The Morgan fingerprint density at radius 1 is 1.33 bits per heavy atom. The van der Waals surface area contributed by atoms with E-state index in [-0.39, 0.29) is 0 Å². The van der Waals surface area contributed by atoms with Crippen LogP contribution >= 0.6 is 0 Å². The molecule has 1 aliphatic rings. The smallest absolute Gasteiger partial charge is 0.228 e. The number of anilines is 1. The van der Waals surface area contributed by atoms with E-state index in [9.17, 15) is 0 Å². The van der Waals surface area contributed by atoms with Crippen molar-refractivity contribution in [2.45, 2.75) is 32.1 Å². The van der Waals surface area contributed by atoms with Gasteiger partial charge in [-0.1, -0.05) is 35.5 Å². The molecular weight excluding hydrogens is 224 g/mol. The molecule has 1 aromatic carbocycles. The topological polar surface area (TPSA) is 38.1 Å². The van der Waals surface area contributed by atoms with Crippen LogP contribution in [-0.2, 0) is 12.8 Å². The van der Waals surface area contributed by atoms with E-state index in [2.05, 4.69) is 47.7 Å². The summed E-state index contributed by atoms with van der Waals surface area (Å²) in [6.07, 6.45) is 3.21. The van der Waals surface area contributed by atoms with Gasteiger partial charge in [-0.05, 0) is 37.7 Å². The van der Waals surface area contributed by atoms with E-state index in [4.69, 9.17) is 4.52 Å². The van der Waals surface area contributed by atoms with E-state index < -0.39 is 0 Å². The van der Waals surface area contributed by atoms with E-state index in [1.165, 1.54) is 11.1 Å². The maximum absolute atomic E-state index is 5.38. The highest BCUT2D eigenvalue weighted by Gasteiger charge is 2.26. The first kappa shape index (κ1) is 11.3. The molecule has 3 heteroatoms. The molecule has 94 valence electrons. The molecule has 0 radical (unpaired) electrons. The normalized spacial score (nSPS) is 18.4. The van der Waals surface area contributed by atoms with Gasteiger partial charge >= 0.3 is 0 Å². The average molecular weight is 242 g/mol. The van der Waals surface area contributed by atoms with Gasteiger partial charge in [0, 0.05) is 12.1 Å². The Kier molecular flexibility index (Phi) is 3.05. The lowest BCUT2D eigenvalue weighted by Gasteiger charge is -2.21. The number of hydrogen-bond acceptors (Lipinski definition) is 3. The van der Waals surface area contributed by atoms with Crippen LogP contribution in [0, 0.1) is 0 Å². The van der Waals surface area contributed by atoms with Gasteiger partial charge in [-0.3, -0.25) is 0 Å². The minimum Gasteiger partial charge on any atom is -0.354 e. The Hall–Kier alpha value is -1.77. The quantitative estimate of drug-likeness (QED) is 0.896. The molecule has 0 amide bonds. The van der Waals surface area contributed by atoms with Crippen molar-refractivity contribution >= 4 is 5.88 Å². The molecule has 2 aromatic rings. The van der Waals surface area contributed by atoms with E-state index in [0.717, 1.165) is 37.4 Å². The van der Waals surface area contributed by atoms with Crippen molar-refractivity contribution < 1.29 is 4.52 Å². The Labute approximate surface area is 107 Å². The van der Waals surface area contributed by atoms with Crippen LogP contribution in [0.5, 0.6) is 0 Å². The third-order valence-corrected chi connectivity index (χ3v) is 3.66. The maximum atomic E-state index is 5.38. The van der Waals surface area contributed by atoms with Crippen LogP contribution in [0.4, 0.5) is 5.88 Å². The van der Waals surface area contributed by atoms with Crippen LogP contribution in [0.25, 0.3) is 0 Å². The fourth-order valence-corrected chi connectivity index (χ4v) is 2.72. The van der Waals surface area contributed by atoms with E-state index in [1.54, 1.807) is 0 Å². The van der Waals surface area contributed by atoms with Crippen LogP contribution in [-0.4, -0.2) is 11.7 Å². The van der Waals surface area contributed by atoms with Crippen LogP contribution < -0.4 is 5.32 Å². The molecule has 3 rings (SSSR count). The second-order valence-electron chi connectivity index (χ2n) is 4.82. The second kappa shape index (κ2) is 4.84. The van der Waals surface area contributed by atoms with Gasteiger partial charge in [0.25, 0.3) is 0 Å². The van der Waals surface area contributed by atoms with Crippen molar-refractivity contribution in [3.8, 4) is 0 Å². The summed E-state index contributed by atoms with van der Waals surface area (Å²) in [5, 5.41) is 7.42. The molecule has 1 N–H and O–H groups in total.